The lowest BCUT2D eigenvalue weighted by Crippen LogP contribution is -2.14. The summed E-state index contributed by atoms with van der Waals surface area (Å²) in [6.45, 7) is 4.70. The standard InChI is InChI=1S/C23H18.2C10H8/c1-23(2)21-13-17-9-5-3-7-15(17)11-19(21)20-12-16-8-4-6-10-18(16)14-22(20)23;2*1-2-6-10-8-4-3-7-9(10)5-1/h3-14H,1-2H3;2*1-8H. The third-order valence-electron chi connectivity index (χ3n) is 8.73. The van der Waals surface area contributed by atoms with Crippen LogP contribution in [0, 0.1) is 0 Å². The first kappa shape index (κ1) is 26.7. The molecule has 1 aliphatic carbocycles. The van der Waals surface area contributed by atoms with Crippen LogP contribution in [0.5, 0.6) is 0 Å². The van der Waals surface area contributed by atoms with Crippen molar-refractivity contribution in [1.82, 2.24) is 0 Å². The predicted octanol–water partition coefficient (Wildman–Crippen LogP) is 12.0. The molecule has 0 heterocycles. The fourth-order valence-corrected chi connectivity index (χ4v) is 6.37. The summed E-state index contributed by atoms with van der Waals surface area (Å²) in [5.41, 5.74) is 5.74. The molecule has 8 aromatic carbocycles. The maximum Gasteiger partial charge on any atom is 0.0159 e. The van der Waals surface area contributed by atoms with Crippen LogP contribution in [-0.2, 0) is 5.41 Å². The molecule has 0 heteroatoms. The quantitative estimate of drug-likeness (QED) is 0.176. The van der Waals surface area contributed by atoms with E-state index in [1.165, 1.54) is 65.3 Å². The van der Waals surface area contributed by atoms with Gasteiger partial charge in [-0.25, -0.2) is 0 Å². The van der Waals surface area contributed by atoms with E-state index in [9.17, 15) is 0 Å². The van der Waals surface area contributed by atoms with E-state index in [1.807, 2.05) is 0 Å². The molecule has 9 rings (SSSR count). The molecule has 0 amide bonds. The highest BCUT2D eigenvalue weighted by Gasteiger charge is 2.35. The Morgan fingerprint density at radius 2 is 0.488 bits per heavy atom. The Balaban J connectivity index is 0.000000124. The molecule has 0 aromatic heterocycles. The van der Waals surface area contributed by atoms with Gasteiger partial charge in [-0.2, -0.15) is 0 Å². The smallest absolute Gasteiger partial charge is 0.0159 e. The molecular formula is C43H34. The minimum atomic E-state index is 0.0543. The van der Waals surface area contributed by atoms with E-state index in [0.29, 0.717) is 0 Å². The van der Waals surface area contributed by atoms with Crippen LogP contribution in [0.15, 0.2) is 170 Å². The van der Waals surface area contributed by atoms with Gasteiger partial charge in [-0.15, -0.1) is 0 Å². The molecule has 0 saturated heterocycles. The Hall–Kier alpha value is -5.20. The van der Waals surface area contributed by atoms with Crippen molar-refractivity contribution in [3.63, 3.8) is 0 Å². The summed E-state index contributed by atoms with van der Waals surface area (Å²) >= 11 is 0. The Labute approximate surface area is 253 Å². The zero-order chi connectivity index (χ0) is 29.2. The van der Waals surface area contributed by atoms with Crippen LogP contribution in [0.4, 0.5) is 0 Å². The lowest BCUT2D eigenvalue weighted by molar-refractivity contribution is 0.662. The lowest BCUT2D eigenvalue weighted by atomic mass is 9.81. The SMILES string of the molecule is CC1(C)c2cc3ccccc3cc2-c2cc3ccccc3cc21.c1ccc2ccccc2c1.c1ccc2ccccc2c1. The summed E-state index contributed by atoms with van der Waals surface area (Å²) < 4.78 is 0. The highest BCUT2D eigenvalue weighted by Crippen LogP contribution is 2.50. The number of hydrogen-bond donors (Lipinski definition) is 0. The Morgan fingerprint density at radius 3 is 0.744 bits per heavy atom. The van der Waals surface area contributed by atoms with Crippen molar-refractivity contribution in [2.24, 2.45) is 0 Å². The molecule has 206 valence electrons. The van der Waals surface area contributed by atoms with Gasteiger partial charge in [-0.05, 0) is 89.6 Å². The van der Waals surface area contributed by atoms with Crippen LogP contribution in [0.3, 0.4) is 0 Å². The minimum absolute atomic E-state index is 0.0543. The van der Waals surface area contributed by atoms with E-state index in [1.54, 1.807) is 0 Å². The Morgan fingerprint density at radius 1 is 0.279 bits per heavy atom. The Kier molecular flexibility index (Phi) is 6.97. The molecule has 0 aliphatic heterocycles. The predicted molar refractivity (Wildman–Crippen MR) is 187 cm³/mol. The topological polar surface area (TPSA) is 0 Å². The summed E-state index contributed by atoms with van der Waals surface area (Å²) in [7, 11) is 0. The fourth-order valence-electron chi connectivity index (χ4n) is 6.37. The average molecular weight is 551 g/mol. The number of rotatable bonds is 0. The molecule has 0 unspecified atom stereocenters. The van der Waals surface area contributed by atoms with E-state index in [0.717, 1.165) is 0 Å². The highest BCUT2D eigenvalue weighted by molar-refractivity contribution is 5.98. The van der Waals surface area contributed by atoms with E-state index in [2.05, 4.69) is 184 Å². The second kappa shape index (κ2) is 11.2. The van der Waals surface area contributed by atoms with Crippen molar-refractivity contribution < 1.29 is 0 Å². The van der Waals surface area contributed by atoms with Gasteiger partial charge in [0.1, 0.15) is 0 Å². The van der Waals surface area contributed by atoms with Crippen molar-refractivity contribution in [3.8, 4) is 11.1 Å². The molecule has 0 bridgehead atoms. The number of fused-ring (bicyclic) bond motifs is 7. The molecule has 0 saturated carbocycles. The van der Waals surface area contributed by atoms with E-state index < -0.39 is 0 Å². The van der Waals surface area contributed by atoms with Gasteiger partial charge in [0.2, 0.25) is 0 Å². The van der Waals surface area contributed by atoms with Gasteiger partial charge in [-0.3, -0.25) is 0 Å². The van der Waals surface area contributed by atoms with Gasteiger partial charge in [0.15, 0.2) is 0 Å². The number of hydrogen-bond acceptors (Lipinski definition) is 0. The second-order valence-corrected chi connectivity index (χ2v) is 11.8. The maximum absolute atomic E-state index is 2.38. The van der Waals surface area contributed by atoms with Crippen LogP contribution in [0.2, 0.25) is 0 Å². The average Bonchev–Trinajstić information content (AvgIpc) is 3.28. The summed E-state index contributed by atoms with van der Waals surface area (Å²) in [6, 6.07) is 60.3. The van der Waals surface area contributed by atoms with Crippen LogP contribution in [-0.4, -0.2) is 0 Å². The maximum atomic E-state index is 2.38. The van der Waals surface area contributed by atoms with E-state index in [-0.39, 0.29) is 5.41 Å². The molecule has 0 nitrogen and oxygen atoms in total. The van der Waals surface area contributed by atoms with Gasteiger partial charge >= 0.3 is 0 Å². The Bertz CT molecular complexity index is 1930. The van der Waals surface area contributed by atoms with Crippen molar-refractivity contribution in [2.75, 3.05) is 0 Å². The van der Waals surface area contributed by atoms with Gasteiger partial charge < -0.3 is 0 Å². The van der Waals surface area contributed by atoms with Crippen molar-refractivity contribution in [3.05, 3.63) is 181 Å². The molecule has 0 fully saturated rings. The van der Waals surface area contributed by atoms with Gasteiger partial charge in [0.25, 0.3) is 0 Å². The third-order valence-corrected chi connectivity index (χ3v) is 8.73. The third kappa shape index (κ3) is 5.18. The molecule has 43 heavy (non-hydrogen) atoms. The zero-order valence-electron chi connectivity index (χ0n) is 24.7. The van der Waals surface area contributed by atoms with Gasteiger partial charge in [0, 0.05) is 5.41 Å². The van der Waals surface area contributed by atoms with Crippen molar-refractivity contribution in [1.29, 1.82) is 0 Å². The molecule has 8 aromatic rings. The van der Waals surface area contributed by atoms with Gasteiger partial charge in [-0.1, -0.05) is 159 Å². The summed E-state index contributed by atoms with van der Waals surface area (Å²) in [5.74, 6) is 0. The van der Waals surface area contributed by atoms with Crippen molar-refractivity contribution in [2.45, 2.75) is 19.3 Å². The first-order chi connectivity index (χ1) is 21.1. The normalized spacial score (nSPS) is 12.6. The molecule has 1 aliphatic rings. The molecule has 0 spiro atoms. The molecule has 0 atom stereocenters. The summed E-state index contributed by atoms with van der Waals surface area (Å²) in [4.78, 5) is 0. The second-order valence-electron chi connectivity index (χ2n) is 11.8. The van der Waals surface area contributed by atoms with Gasteiger partial charge in [0.05, 0.1) is 0 Å². The fraction of sp³-hybridized carbons (Fsp3) is 0.0698. The summed E-state index contributed by atoms with van der Waals surface area (Å²) in [6.07, 6.45) is 0. The largest absolute Gasteiger partial charge is 0.0616 e. The van der Waals surface area contributed by atoms with Crippen LogP contribution in [0.25, 0.3) is 54.2 Å². The van der Waals surface area contributed by atoms with Crippen LogP contribution in [0.1, 0.15) is 25.0 Å². The molecular weight excluding hydrogens is 516 g/mol. The van der Waals surface area contributed by atoms with Crippen LogP contribution < -0.4 is 0 Å². The first-order valence-corrected chi connectivity index (χ1v) is 15.0. The monoisotopic (exact) mass is 550 g/mol. The lowest BCUT2D eigenvalue weighted by Gasteiger charge is -2.22. The van der Waals surface area contributed by atoms with Crippen molar-refractivity contribution >= 4 is 43.1 Å². The number of benzene rings is 8. The molecule has 0 radical (unpaired) electrons. The van der Waals surface area contributed by atoms with E-state index in [4.69, 9.17) is 0 Å². The molecule has 0 N–H and O–H groups in total. The van der Waals surface area contributed by atoms with E-state index >= 15 is 0 Å². The van der Waals surface area contributed by atoms with Crippen LogP contribution >= 0.6 is 0 Å². The zero-order valence-corrected chi connectivity index (χ0v) is 24.7. The highest BCUT2D eigenvalue weighted by atomic mass is 14.4. The first-order valence-electron chi connectivity index (χ1n) is 15.0. The summed E-state index contributed by atoms with van der Waals surface area (Å²) in [5, 5.41) is 10.5. The minimum Gasteiger partial charge on any atom is -0.0616 e.